The number of rotatable bonds is 4. The third-order valence-corrected chi connectivity index (χ3v) is 3.69. The summed E-state index contributed by atoms with van der Waals surface area (Å²) in [7, 11) is 0. The molecule has 0 aliphatic carbocycles. The first-order chi connectivity index (χ1) is 9.51. The Morgan fingerprint density at radius 2 is 2.30 bits per heavy atom. The zero-order valence-electron chi connectivity index (χ0n) is 11.5. The van der Waals surface area contributed by atoms with Gasteiger partial charge in [-0.1, -0.05) is 12.1 Å². The number of hydrogen-bond acceptors (Lipinski definition) is 4. The van der Waals surface area contributed by atoms with Gasteiger partial charge in [0, 0.05) is 18.7 Å². The fourth-order valence-electron chi connectivity index (χ4n) is 2.41. The maximum atomic E-state index is 12.2. The summed E-state index contributed by atoms with van der Waals surface area (Å²) in [6.07, 6.45) is 2.94. The van der Waals surface area contributed by atoms with E-state index >= 15 is 0 Å². The van der Waals surface area contributed by atoms with Gasteiger partial charge in [-0.25, -0.2) is 0 Å². The monoisotopic (exact) mass is 277 g/mol. The van der Waals surface area contributed by atoms with E-state index in [-0.39, 0.29) is 11.6 Å². The predicted molar refractivity (Wildman–Crippen MR) is 75.2 cm³/mol. The Morgan fingerprint density at radius 3 is 2.95 bits per heavy atom. The van der Waals surface area contributed by atoms with Gasteiger partial charge in [0.25, 0.3) is 5.69 Å². The summed E-state index contributed by atoms with van der Waals surface area (Å²) in [6, 6.07) is 6.32. The predicted octanol–water partition coefficient (Wildman–Crippen LogP) is 1.74. The molecule has 6 heteroatoms. The molecule has 2 N–H and O–H groups in total. The summed E-state index contributed by atoms with van der Waals surface area (Å²) < 4.78 is 0. The summed E-state index contributed by atoms with van der Waals surface area (Å²) in [6.45, 7) is 3.05. The average Bonchev–Trinajstić information content (AvgIpc) is 2.45. The van der Waals surface area contributed by atoms with Crippen molar-refractivity contribution in [1.82, 2.24) is 10.6 Å². The van der Waals surface area contributed by atoms with Crippen molar-refractivity contribution in [3.8, 4) is 0 Å². The maximum absolute atomic E-state index is 12.2. The van der Waals surface area contributed by atoms with Crippen molar-refractivity contribution in [2.24, 2.45) is 0 Å². The average molecular weight is 277 g/mol. The Balaban J connectivity index is 1.96. The number of amides is 1. The van der Waals surface area contributed by atoms with E-state index in [1.807, 2.05) is 6.92 Å². The number of nitro groups is 1. The van der Waals surface area contributed by atoms with Gasteiger partial charge >= 0.3 is 0 Å². The van der Waals surface area contributed by atoms with Gasteiger partial charge in [-0.15, -0.1) is 0 Å². The lowest BCUT2D eigenvalue weighted by Gasteiger charge is -2.33. The molecule has 0 spiro atoms. The highest BCUT2D eigenvalue weighted by Gasteiger charge is 2.33. The molecular formula is C14H19N3O3. The lowest BCUT2D eigenvalue weighted by Crippen LogP contribution is -2.56. The topological polar surface area (TPSA) is 84.3 Å². The molecule has 108 valence electrons. The molecule has 1 amide bonds. The van der Waals surface area contributed by atoms with E-state index in [1.54, 1.807) is 12.1 Å². The summed E-state index contributed by atoms with van der Waals surface area (Å²) >= 11 is 0. The van der Waals surface area contributed by atoms with Crippen molar-refractivity contribution in [1.29, 1.82) is 0 Å². The van der Waals surface area contributed by atoms with E-state index in [0.717, 1.165) is 31.4 Å². The van der Waals surface area contributed by atoms with Gasteiger partial charge in [0.2, 0.25) is 5.91 Å². The van der Waals surface area contributed by atoms with Crippen LogP contribution in [0.25, 0.3) is 0 Å². The van der Waals surface area contributed by atoms with Crippen LogP contribution in [0.3, 0.4) is 0 Å². The zero-order valence-corrected chi connectivity index (χ0v) is 11.5. The highest BCUT2D eigenvalue weighted by Crippen LogP contribution is 2.19. The molecule has 1 aromatic carbocycles. The van der Waals surface area contributed by atoms with Crippen LogP contribution in [0.2, 0.25) is 0 Å². The Kier molecular flexibility index (Phi) is 4.34. The third kappa shape index (κ3) is 3.33. The molecule has 0 bridgehead atoms. The summed E-state index contributed by atoms with van der Waals surface area (Å²) in [5.74, 6) is -0.0521. The molecular weight excluding hydrogens is 258 g/mol. The lowest BCUT2D eigenvalue weighted by molar-refractivity contribution is -0.384. The molecule has 6 nitrogen and oxygen atoms in total. The zero-order chi connectivity index (χ0) is 14.6. The minimum absolute atomic E-state index is 0.0405. The van der Waals surface area contributed by atoms with Crippen molar-refractivity contribution in [2.45, 2.75) is 38.3 Å². The van der Waals surface area contributed by atoms with E-state index in [9.17, 15) is 14.9 Å². The van der Waals surface area contributed by atoms with E-state index in [4.69, 9.17) is 0 Å². The Morgan fingerprint density at radius 1 is 1.50 bits per heavy atom. The molecule has 1 unspecified atom stereocenters. The Hall–Kier alpha value is -1.95. The molecule has 1 saturated heterocycles. The van der Waals surface area contributed by atoms with Crippen LogP contribution in [-0.4, -0.2) is 22.9 Å². The second-order valence-electron chi connectivity index (χ2n) is 5.33. The second kappa shape index (κ2) is 6.00. The van der Waals surface area contributed by atoms with E-state index in [1.165, 1.54) is 12.1 Å². The molecule has 1 fully saturated rings. The first kappa shape index (κ1) is 14.5. The largest absolute Gasteiger partial charge is 0.350 e. The van der Waals surface area contributed by atoms with Crippen LogP contribution >= 0.6 is 0 Å². The van der Waals surface area contributed by atoms with Crippen LogP contribution < -0.4 is 10.6 Å². The molecule has 2 rings (SSSR count). The quantitative estimate of drug-likeness (QED) is 0.648. The van der Waals surface area contributed by atoms with Gasteiger partial charge in [-0.2, -0.15) is 0 Å². The van der Waals surface area contributed by atoms with Crippen molar-refractivity contribution in [3.05, 3.63) is 39.9 Å². The van der Waals surface area contributed by atoms with Crippen molar-refractivity contribution in [3.63, 3.8) is 0 Å². The minimum atomic E-state index is -0.529. The number of piperidine rings is 1. The van der Waals surface area contributed by atoms with Crippen molar-refractivity contribution in [2.75, 3.05) is 6.54 Å². The van der Waals surface area contributed by atoms with Crippen LogP contribution in [0.4, 0.5) is 5.69 Å². The minimum Gasteiger partial charge on any atom is -0.350 e. The van der Waals surface area contributed by atoms with Crippen molar-refractivity contribution < 1.29 is 9.72 Å². The van der Waals surface area contributed by atoms with Gasteiger partial charge < -0.3 is 10.6 Å². The maximum Gasteiger partial charge on any atom is 0.269 e. The number of nitrogens with zero attached hydrogens (tertiary/aromatic N) is 1. The molecule has 1 atom stereocenters. The van der Waals surface area contributed by atoms with E-state index < -0.39 is 10.5 Å². The van der Waals surface area contributed by atoms with Crippen LogP contribution in [0.5, 0.6) is 0 Å². The van der Waals surface area contributed by atoms with Gasteiger partial charge in [-0.05, 0) is 38.3 Å². The summed E-state index contributed by atoms with van der Waals surface area (Å²) in [4.78, 5) is 22.5. The number of carbonyl (C=O) groups is 1. The number of nitro benzene ring substituents is 1. The molecule has 0 saturated carbocycles. The van der Waals surface area contributed by atoms with Crippen LogP contribution in [0.1, 0.15) is 31.7 Å². The SMILES string of the molecule is CC1(C(=O)NCc2cccc([N+](=O)[O-])c2)CCCCN1. The summed E-state index contributed by atoms with van der Waals surface area (Å²) in [5.41, 5.74) is 0.240. The highest BCUT2D eigenvalue weighted by molar-refractivity contribution is 5.85. The molecule has 1 aromatic rings. The van der Waals surface area contributed by atoms with E-state index in [0.29, 0.717) is 6.54 Å². The lowest BCUT2D eigenvalue weighted by atomic mass is 9.90. The number of benzene rings is 1. The molecule has 1 aliphatic heterocycles. The van der Waals surface area contributed by atoms with Gasteiger partial charge in [-0.3, -0.25) is 14.9 Å². The fourth-order valence-corrected chi connectivity index (χ4v) is 2.41. The number of hydrogen-bond donors (Lipinski definition) is 2. The van der Waals surface area contributed by atoms with Gasteiger partial charge in [0.15, 0.2) is 0 Å². The number of carbonyl (C=O) groups excluding carboxylic acids is 1. The van der Waals surface area contributed by atoms with Crippen LogP contribution in [0.15, 0.2) is 24.3 Å². The van der Waals surface area contributed by atoms with Crippen molar-refractivity contribution >= 4 is 11.6 Å². The normalized spacial score (nSPS) is 22.2. The van der Waals surface area contributed by atoms with Crippen LogP contribution in [-0.2, 0) is 11.3 Å². The molecule has 1 heterocycles. The standard InChI is InChI=1S/C14H19N3O3/c1-14(7-2-3-8-16-14)13(18)15-10-11-5-4-6-12(9-11)17(19)20/h4-6,9,16H,2-3,7-8,10H2,1H3,(H,15,18). The number of nitrogens with one attached hydrogen (secondary N) is 2. The first-order valence-electron chi connectivity index (χ1n) is 6.78. The van der Waals surface area contributed by atoms with E-state index in [2.05, 4.69) is 10.6 Å². The second-order valence-corrected chi connectivity index (χ2v) is 5.33. The van der Waals surface area contributed by atoms with Crippen LogP contribution in [0, 0.1) is 10.1 Å². The first-order valence-corrected chi connectivity index (χ1v) is 6.78. The summed E-state index contributed by atoms with van der Waals surface area (Å²) in [5, 5.41) is 16.8. The molecule has 0 aromatic heterocycles. The molecule has 1 aliphatic rings. The molecule has 20 heavy (non-hydrogen) atoms. The Labute approximate surface area is 117 Å². The highest BCUT2D eigenvalue weighted by atomic mass is 16.6. The third-order valence-electron chi connectivity index (χ3n) is 3.69. The molecule has 0 radical (unpaired) electrons. The Bertz CT molecular complexity index is 510. The fraction of sp³-hybridized carbons (Fsp3) is 0.500. The van der Waals surface area contributed by atoms with Gasteiger partial charge in [0.05, 0.1) is 10.5 Å². The number of non-ortho nitro benzene ring substituents is 1. The van der Waals surface area contributed by atoms with Gasteiger partial charge in [0.1, 0.15) is 0 Å². The smallest absolute Gasteiger partial charge is 0.269 e.